The fraction of sp³-hybridized carbons (Fsp3) is 0.133. The molecule has 0 aliphatic carbocycles. The van der Waals surface area contributed by atoms with E-state index in [9.17, 15) is 4.79 Å². The maximum atomic E-state index is 11.8. The van der Waals surface area contributed by atoms with Crippen LogP contribution in [-0.2, 0) is 4.74 Å². The van der Waals surface area contributed by atoms with Gasteiger partial charge < -0.3 is 10.5 Å². The summed E-state index contributed by atoms with van der Waals surface area (Å²) < 4.78 is 6.41. The van der Waals surface area contributed by atoms with E-state index in [0.717, 1.165) is 16.7 Å². The molecular formula is C15H14N4O2. The highest BCUT2D eigenvalue weighted by Gasteiger charge is 2.11. The Labute approximate surface area is 121 Å². The Hall–Kier alpha value is -2.89. The van der Waals surface area contributed by atoms with Gasteiger partial charge in [-0.05, 0) is 41.8 Å². The van der Waals surface area contributed by atoms with Crippen LogP contribution in [0.15, 0.2) is 36.5 Å². The lowest BCUT2D eigenvalue weighted by Crippen LogP contribution is -2.03. The minimum atomic E-state index is -0.345. The SMILES string of the molecule is COC(=O)c1cc(-c2ccn3nc(N)nc3c2)ccc1C. The molecule has 2 heterocycles. The van der Waals surface area contributed by atoms with E-state index >= 15 is 0 Å². The number of carbonyl (C=O) groups is 1. The zero-order valence-corrected chi connectivity index (χ0v) is 11.7. The molecular weight excluding hydrogens is 268 g/mol. The molecule has 0 aliphatic rings. The third-order valence-electron chi connectivity index (χ3n) is 3.33. The summed E-state index contributed by atoms with van der Waals surface area (Å²) >= 11 is 0. The first kappa shape index (κ1) is 13.1. The summed E-state index contributed by atoms with van der Waals surface area (Å²) in [5.74, 6) is -0.117. The van der Waals surface area contributed by atoms with E-state index < -0.39 is 0 Å². The van der Waals surface area contributed by atoms with Crippen LogP contribution in [0.1, 0.15) is 15.9 Å². The van der Waals surface area contributed by atoms with Gasteiger partial charge in [0.25, 0.3) is 0 Å². The van der Waals surface area contributed by atoms with Crippen LogP contribution in [0.2, 0.25) is 0 Å². The lowest BCUT2D eigenvalue weighted by atomic mass is 10.0. The highest BCUT2D eigenvalue weighted by molar-refractivity contribution is 5.92. The first-order valence-electron chi connectivity index (χ1n) is 6.40. The Bertz CT molecular complexity index is 839. The molecule has 0 bridgehead atoms. The van der Waals surface area contributed by atoms with Gasteiger partial charge in [0, 0.05) is 6.20 Å². The number of hydrogen-bond acceptors (Lipinski definition) is 5. The number of benzene rings is 1. The second-order valence-corrected chi connectivity index (χ2v) is 4.71. The molecule has 0 spiro atoms. The topological polar surface area (TPSA) is 82.5 Å². The average Bonchev–Trinajstić information content (AvgIpc) is 2.86. The molecule has 0 aliphatic heterocycles. The summed E-state index contributed by atoms with van der Waals surface area (Å²) in [5, 5.41) is 4.03. The molecule has 0 unspecified atom stereocenters. The van der Waals surface area contributed by atoms with E-state index in [1.807, 2.05) is 37.3 Å². The second kappa shape index (κ2) is 4.90. The van der Waals surface area contributed by atoms with Crippen molar-refractivity contribution >= 4 is 17.6 Å². The molecule has 0 atom stereocenters. The van der Waals surface area contributed by atoms with Gasteiger partial charge in [-0.1, -0.05) is 12.1 Å². The van der Waals surface area contributed by atoms with Gasteiger partial charge in [-0.15, -0.1) is 5.10 Å². The number of nitrogens with zero attached hydrogens (tertiary/aromatic N) is 3. The highest BCUT2D eigenvalue weighted by Crippen LogP contribution is 2.24. The number of ether oxygens (including phenoxy) is 1. The van der Waals surface area contributed by atoms with Crippen LogP contribution in [0.4, 0.5) is 5.95 Å². The number of aromatic nitrogens is 3. The zero-order chi connectivity index (χ0) is 15.0. The lowest BCUT2D eigenvalue weighted by Gasteiger charge is -2.07. The van der Waals surface area contributed by atoms with Crippen molar-refractivity contribution in [3.63, 3.8) is 0 Å². The summed E-state index contributed by atoms with van der Waals surface area (Å²) in [5.41, 5.74) is 9.50. The van der Waals surface area contributed by atoms with Crippen molar-refractivity contribution in [2.75, 3.05) is 12.8 Å². The Morgan fingerprint density at radius 1 is 1.24 bits per heavy atom. The predicted molar refractivity (Wildman–Crippen MR) is 78.9 cm³/mol. The van der Waals surface area contributed by atoms with E-state index in [4.69, 9.17) is 10.5 Å². The molecule has 106 valence electrons. The molecule has 2 aromatic heterocycles. The molecule has 6 nitrogen and oxygen atoms in total. The summed E-state index contributed by atoms with van der Waals surface area (Å²) in [6, 6.07) is 9.42. The maximum Gasteiger partial charge on any atom is 0.338 e. The molecule has 0 fully saturated rings. The van der Waals surface area contributed by atoms with Crippen molar-refractivity contribution in [2.24, 2.45) is 0 Å². The lowest BCUT2D eigenvalue weighted by molar-refractivity contribution is 0.0600. The largest absolute Gasteiger partial charge is 0.465 e. The number of nitrogens with two attached hydrogens (primary N) is 1. The van der Waals surface area contributed by atoms with Gasteiger partial charge in [-0.25, -0.2) is 9.31 Å². The summed E-state index contributed by atoms with van der Waals surface area (Å²) in [4.78, 5) is 15.9. The Morgan fingerprint density at radius 2 is 2.00 bits per heavy atom. The van der Waals surface area contributed by atoms with Crippen LogP contribution in [-0.4, -0.2) is 27.7 Å². The van der Waals surface area contributed by atoms with Crippen LogP contribution in [0.5, 0.6) is 0 Å². The monoisotopic (exact) mass is 282 g/mol. The molecule has 0 saturated heterocycles. The molecule has 2 N–H and O–H groups in total. The summed E-state index contributed by atoms with van der Waals surface area (Å²) in [6.45, 7) is 1.87. The Kier molecular flexibility index (Phi) is 3.06. The number of esters is 1. The molecule has 0 amide bonds. The maximum absolute atomic E-state index is 11.8. The van der Waals surface area contributed by atoms with E-state index in [0.29, 0.717) is 11.2 Å². The standard InChI is InChI=1S/C15H14N4O2/c1-9-3-4-10(7-12(9)14(20)21-2)11-5-6-19-13(8-11)17-15(16)18-19/h3-8H,1-2H3,(H2,16,18). The normalized spacial score (nSPS) is 10.8. The molecule has 6 heteroatoms. The first-order chi connectivity index (χ1) is 10.1. The van der Waals surface area contributed by atoms with Crippen LogP contribution in [0.25, 0.3) is 16.8 Å². The summed E-state index contributed by atoms with van der Waals surface area (Å²) in [7, 11) is 1.37. The van der Waals surface area contributed by atoms with Gasteiger partial charge in [0.1, 0.15) is 0 Å². The highest BCUT2D eigenvalue weighted by atomic mass is 16.5. The molecule has 1 aromatic carbocycles. The second-order valence-electron chi connectivity index (χ2n) is 4.71. The van der Waals surface area contributed by atoms with Gasteiger partial charge in [0.15, 0.2) is 5.65 Å². The smallest absolute Gasteiger partial charge is 0.338 e. The number of aryl methyl sites for hydroxylation is 1. The molecule has 0 saturated carbocycles. The van der Waals surface area contributed by atoms with Gasteiger partial charge in [-0.2, -0.15) is 4.98 Å². The third-order valence-corrected chi connectivity index (χ3v) is 3.33. The van der Waals surface area contributed by atoms with Crippen LogP contribution >= 0.6 is 0 Å². The fourth-order valence-electron chi connectivity index (χ4n) is 2.21. The van der Waals surface area contributed by atoms with Gasteiger partial charge >= 0.3 is 5.97 Å². The van der Waals surface area contributed by atoms with Crippen molar-refractivity contribution < 1.29 is 9.53 Å². The first-order valence-corrected chi connectivity index (χ1v) is 6.40. The molecule has 3 rings (SSSR count). The fourth-order valence-corrected chi connectivity index (χ4v) is 2.21. The van der Waals surface area contributed by atoms with E-state index in [2.05, 4.69) is 10.1 Å². The predicted octanol–water partition coefficient (Wildman–Crippen LogP) is 2.07. The Morgan fingerprint density at radius 3 is 2.76 bits per heavy atom. The van der Waals surface area contributed by atoms with Crippen molar-refractivity contribution in [2.45, 2.75) is 6.92 Å². The van der Waals surface area contributed by atoms with Crippen LogP contribution in [0.3, 0.4) is 0 Å². The van der Waals surface area contributed by atoms with E-state index in [-0.39, 0.29) is 11.9 Å². The number of rotatable bonds is 2. The van der Waals surface area contributed by atoms with Crippen molar-refractivity contribution in [1.29, 1.82) is 0 Å². The van der Waals surface area contributed by atoms with Crippen molar-refractivity contribution in [3.8, 4) is 11.1 Å². The van der Waals surface area contributed by atoms with Gasteiger partial charge in [-0.3, -0.25) is 0 Å². The average molecular weight is 282 g/mol. The zero-order valence-electron chi connectivity index (χ0n) is 11.7. The number of pyridine rings is 1. The minimum Gasteiger partial charge on any atom is -0.465 e. The van der Waals surface area contributed by atoms with Crippen LogP contribution < -0.4 is 5.73 Å². The number of carbonyl (C=O) groups excluding carboxylic acids is 1. The third kappa shape index (κ3) is 2.31. The number of methoxy groups -OCH3 is 1. The molecule has 0 radical (unpaired) electrons. The number of nitrogen functional groups attached to an aromatic ring is 1. The van der Waals surface area contributed by atoms with Crippen molar-refractivity contribution in [3.05, 3.63) is 47.7 Å². The Balaban J connectivity index is 2.11. The van der Waals surface area contributed by atoms with Gasteiger partial charge in [0.05, 0.1) is 12.7 Å². The molecule has 3 aromatic rings. The van der Waals surface area contributed by atoms with Crippen LogP contribution in [0, 0.1) is 6.92 Å². The number of fused-ring (bicyclic) bond motifs is 1. The van der Waals surface area contributed by atoms with Gasteiger partial charge in [0.2, 0.25) is 5.95 Å². The molecule has 21 heavy (non-hydrogen) atoms. The minimum absolute atomic E-state index is 0.228. The van der Waals surface area contributed by atoms with E-state index in [1.54, 1.807) is 10.7 Å². The number of anilines is 1. The van der Waals surface area contributed by atoms with E-state index in [1.165, 1.54) is 7.11 Å². The van der Waals surface area contributed by atoms with Crippen molar-refractivity contribution in [1.82, 2.24) is 14.6 Å². The summed E-state index contributed by atoms with van der Waals surface area (Å²) in [6.07, 6.45) is 1.78. The number of hydrogen-bond donors (Lipinski definition) is 1. The quantitative estimate of drug-likeness (QED) is 0.727.